The van der Waals surface area contributed by atoms with Crippen molar-refractivity contribution in [3.05, 3.63) is 35.4 Å². The second-order valence-corrected chi connectivity index (χ2v) is 6.01. The quantitative estimate of drug-likeness (QED) is 0.838. The molecule has 0 spiro atoms. The molecule has 0 radical (unpaired) electrons. The first-order valence-electron chi connectivity index (χ1n) is 6.17. The molecule has 0 fully saturated rings. The van der Waals surface area contributed by atoms with Gasteiger partial charge in [0.25, 0.3) is 0 Å². The van der Waals surface area contributed by atoms with E-state index in [1.165, 1.54) is 12.1 Å². The van der Waals surface area contributed by atoms with Crippen LogP contribution in [0.2, 0.25) is 0 Å². The van der Waals surface area contributed by atoms with E-state index in [1.54, 1.807) is 13.2 Å². The van der Waals surface area contributed by atoms with Crippen LogP contribution < -0.4 is 10.6 Å². The summed E-state index contributed by atoms with van der Waals surface area (Å²) in [6.07, 6.45) is 1.83. The Kier molecular flexibility index (Phi) is 6.57. The van der Waals surface area contributed by atoms with Crippen LogP contribution in [0.25, 0.3) is 0 Å². The molecule has 1 rings (SSSR count). The van der Waals surface area contributed by atoms with Gasteiger partial charge in [-0.15, -0.1) is 0 Å². The normalized spacial score (nSPS) is 13.6. The van der Waals surface area contributed by atoms with E-state index in [0.717, 1.165) is 6.07 Å². The third-order valence-electron chi connectivity index (χ3n) is 2.56. The van der Waals surface area contributed by atoms with Crippen LogP contribution in [0.15, 0.2) is 18.2 Å². The fraction of sp³-hybridized carbons (Fsp3) is 0.462. The average molecular weight is 304 g/mol. The molecule has 20 heavy (non-hydrogen) atoms. The summed E-state index contributed by atoms with van der Waals surface area (Å²) >= 11 is 0. The van der Waals surface area contributed by atoms with E-state index < -0.39 is 28.5 Å². The van der Waals surface area contributed by atoms with Gasteiger partial charge >= 0.3 is 6.03 Å². The molecule has 2 atom stereocenters. The van der Waals surface area contributed by atoms with Gasteiger partial charge in [0.15, 0.2) is 0 Å². The predicted octanol–water partition coefficient (Wildman–Crippen LogP) is 1.57. The van der Waals surface area contributed by atoms with E-state index >= 15 is 0 Å². The van der Waals surface area contributed by atoms with Crippen molar-refractivity contribution in [2.75, 3.05) is 18.6 Å². The van der Waals surface area contributed by atoms with Crippen molar-refractivity contribution in [2.45, 2.75) is 19.4 Å². The summed E-state index contributed by atoms with van der Waals surface area (Å²) in [6, 6.07) is 2.74. The first kappa shape index (κ1) is 16.6. The van der Waals surface area contributed by atoms with Crippen molar-refractivity contribution in [1.29, 1.82) is 0 Å². The van der Waals surface area contributed by atoms with Gasteiger partial charge < -0.3 is 10.6 Å². The van der Waals surface area contributed by atoms with Crippen LogP contribution in [-0.4, -0.2) is 34.8 Å². The van der Waals surface area contributed by atoms with Crippen molar-refractivity contribution in [2.24, 2.45) is 0 Å². The van der Waals surface area contributed by atoms with Crippen molar-refractivity contribution in [3.8, 4) is 0 Å². The Labute approximate surface area is 119 Å². The van der Waals surface area contributed by atoms with Gasteiger partial charge in [-0.3, -0.25) is 4.21 Å². The van der Waals surface area contributed by atoms with Crippen molar-refractivity contribution in [1.82, 2.24) is 10.6 Å². The van der Waals surface area contributed by atoms with E-state index in [-0.39, 0.29) is 19.0 Å². The molecule has 2 N–H and O–H groups in total. The lowest BCUT2D eigenvalue weighted by Gasteiger charge is -2.13. The monoisotopic (exact) mass is 304 g/mol. The third-order valence-corrected chi connectivity index (χ3v) is 3.53. The smallest absolute Gasteiger partial charge is 0.315 e. The maximum atomic E-state index is 13.3. The minimum atomic E-state index is -0.980. The van der Waals surface area contributed by atoms with Crippen LogP contribution in [0.3, 0.4) is 0 Å². The summed E-state index contributed by atoms with van der Waals surface area (Å²) in [5.41, 5.74) is 0.342. The number of carbonyl (C=O) groups is 1. The lowest BCUT2D eigenvalue weighted by atomic mass is 10.1. The van der Waals surface area contributed by atoms with Gasteiger partial charge in [-0.2, -0.15) is 0 Å². The molecule has 2 amide bonds. The van der Waals surface area contributed by atoms with Gasteiger partial charge in [0.05, 0.1) is 0 Å². The number of hydrogen-bond donors (Lipinski definition) is 2. The summed E-state index contributed by atoms with van der Waals surface area (Å²) in [4.78, 5) is 11.5. The van der Waals surface area contributed by atoms with Gasteiger partial charge in [-0.25, -0.2) is 13.6 Å². The Bertz CT molecular complexity index is 497. The number of benzene rings is 1. The lowest BCUT2D eigenvalue weighted by Crippen LogP contribution is -2.43. The number of halogens is 2. The van der Waals surface area contributed by atoms with Crippen molar-refractivity contribution < 1.29 is 17.8 Å². The van der Waals surface area contributed by atoms with Gasteiger partial charge in [-0.1, -0.05) is 6.07 Å². The number of hydrogen-bond acceptors (Lipinski definition) is 2. The summed E-state index contributed by atoms with van der Waals surface area (Å²) in [5, 5.41) is 5.19. The SMILES string of the molecule is C[C@@H](C[S@](C)=O)NC(=O)NCCc1ccc(F)cc1F. The number of carbonyl (C=O) groups excluding carboxylic acids is 1. The van der Waals surface area contributed by atoms with Crippen LogP contribution in [0.4, 0.5) is 13.6 Å². The molecule has 0 aliphatic carbocycles. The Balaban J connectivity index is 2.33. The number of nitrogens with one attached hydrogen (secondary N) is 2. The lowest BCUT2D eigenvalue weighted by molar-refractivity contribution is 0.239. The van der Waals surface area contributed by atoms with Gasteiger partial charge in [0.2, 0.25) is 0 Å². The van der Waals surface area contributed by atoms with Gasteiger partial charge in [-0.05, 0) is 25.0 Å². The third kappa shape index (κ3) is 6.10. The van der Waals surface area contributed by atoms with Crippen LogP contribution >= 0.6 is 0 Å². The molecule has 112 valence electrons. The van der Waals surface area contributed by atoms with E-state index in [4.69, 9.17) is 0 Å². The number of rotatable bonds is 6. The maximum Gasteiger partial charge on any atom is 0.315 e. The maximum absolute atomic E-state index is 13.3. The van der Waals surface area contributed by atoms with E-state index in [0.29, 0.717) is 11.3 Å². The highest BCUT2D eigenvalue weighted by Crippen LogP contribution is 2.09. The van der Waals surface area contributed by atoms with Crippen molar-refractivity contribution in [3.63, 3.8) is 0 Å². The molecule has 0 unspecified atom stereocenters. The molecule has 0 aromatic heterocycles. The summed E-state index contributed by atoms with van der Waals surface area (Å²) in [5.74, 6) is -0.875. The first-order chi connectivity index (χ1) is 9.38. The highest BCUT2D eigenvalue weighted by atomic mass is 32.2. The van der Waals surface area contributed by atoms with Crippen LogP contribution in [0.1, 0.15) is 12.5 Å². The largest absolute Gasteiger partial charge is 0.338 e. The Morgan fingerprint density at radius 1 is 1.40 bits per heavy atom. The molecular weight excluding hydrogens is 286 g/mol. The fourth-order valence-electron chi connectivity index (χ4n) is 1.70. The Morgan fingerprint density at radius 2 is 2.10 bits per heavy atom. The number of urea groups is 1. The molecule has 0 aliphatic rings. The second kappa shape index (κ2) is 7.94. The Hall–Kier alpha value is -1.50. The van der Waals surface area contributed by atoms with Crippen LogP contribution in [-0.2, 0) is 17.2 Å². The summed E-state index contributed by atoms with van der Waals surface area (Å²) in [7, 11) is -0.980. The Morgan fingerprint density at radius 3 is 2.70 bits per heavy atom. The summed E-state index contributed by atoms with van der Waals surface area (Å²) < 4.78 is 37.0. The van der Waals surface area contributed by atoms with Crippen LogP contribution in [0, 0.1) is 11.6 Å². The molecule has 0 saturated heterocycles. The zero-order valence-corrected chi connectivity index (χ0v) is 12.2. The average Bonchev–Trinajstić information content (AvgIpc) is 2.30. The van der Waals surface area contributed by atoms with E-state index in [9.17, 15) is 17.8 Å². The first-order valence-corrected chi connectivity index (χ1v) is 7.89. The fourth-order valence-corrected chi connectivity index (χ4v) is 2.49. The topological polar surface area (TPSA) is 58.2 Å². The molecule has 1 aromatic rings. The van der Waals surface area contributed by atoms with Gasteiger partial charge in [0, 0.05) is 41.5 Å². The molecule has 4 nitrogen and oxygen atoms in total. The number of amides is 2. The highest BCUT2D eigenvalue weighted by molar-refractivity contribution is 7.84. The molecule has 1 aromatic carbocycles. The highest BCUT2D eigenvalue weighted by Gasteiger charge is 2.09. The predicted molar refractivity (Wildman–Crippen MR) is 75.0 cm³/mol. The standard InChI is InChI=1S/C13H18F2N2O2S/c1-9(8-20(2)19)17-13(18)16-6-5-10-3-4-11(14)7-12(10)15/h3-4,7,9H,5-6,8H2,1-2H3,(H2,16,17,18)/t9-,20-/m0/s1. The minimum absolute atomic E-state index is 0.205. The second-order valence-electron chi connectivity index (χ2n) is 4.53. The molecule has 7 heteroatoms. The van der Waals surface area contributed by atoms with E-state index in [1.807, 2.05) is 0 Å². The van der Waals surface area contributed by atoms with Crippen molar-refractivity contribution >= 4 is 16.8 Å². The summed E-state index contributed by atoms with van der Waals surface area (Å²) in [6.45, 7) is 1.98. The van der Waals surface area contributed by atoms with E-state index in [2.05, 4.69) is 10.6 Å². The van der Waals surface area contributed by atoms with Crippen LogP contribution in [0.5, 0.6) is 0 Å². The molecular formula is C13H18F2N2O2S. The molecule has 0 heterocycles. The zero-order chi connectivity index (χ0) is 15.1. The molecule has 0 saturated carbocycles. The minimum Gasteiger partial charge on any atom is -0.338 e. The molecule has 0 aliphatic heterocycles. The molecule has 0 bridgehead atoms. The zero-order valence-electron chi connectivity index (χ0n) is 11.4. The van der Waals surface area contributed by atoms with Gasteiger partial charge in [0.1, 0.15) is 11.6 Å².